The maximum Gasteiger partial charge on any atom is 0.329 e. The molecule has 0 unspecified atom stereocenters. The highest BCUT2D eigenvalue weighted by atomic mass is 16.4. The van der Waals surface area contributed by atoms with E-state index in [1.165, 1.54) is 0 Å². The second kappa shape index (κ2) is 53.4. The summed E-state index contributed by atoms with van der Waals surface area (Å²) < 4.78 is 0. The Hall–Kier alpha value is -2.81. The molecule has 0 atom stereocenters. The van der Waals surface area contributed by atoms with Gasteiger partial charge in [0, 0.05) is 12.3 Å². The lowest BCUT2D eigenvalue weighted by Crippen LogP contribution is -1.85. The Morgan fingerprint density at radius 1 is 1.10 bits per heavy atom. The molecule has 6 heteroatoms. The van der Waals surface area contributed by atoms with Crippen LogP contribution in [0.1, 0.15) is 20.8 Å². The van der Waals surface area contributed by atoms with Crippen LogP contribution in [0, 0.1) is 42.4 Å². The van der Waals surface area contributed by atoms with Gasteiger partial charge in [-0.3, -0.25) is 0 Å². The number of hydrogen-bond acceptors (Lipinski definition) is 5. The van der Waals surface area contributed by atoms with Crippen molar-refractivity contribution in [2.24, 2.45) is 4.99 Å². The number of carbonyl (C=O) groups is 1. The molecule has 0 aromatic rings. The zero-order chi connectivity index (χ0) is 17.9. The summed E-state index contributed by atoms with van der Waals surface area (Å²) in [7, 11) is 0. The molecule has 0 saturated carbocycles. The van der Waals surface area contributed by atoms with Gasteiger partial charge in [-0.1, -0.05) is 0 Å². The summed E-state index contributed by atoms with van der Waals surface area (Å²) in [5.41, 5.74) is 0. The van der Waals surface area contributed by atoms with Crippen molar-refractivity contribution in [3.05, 3.63) is 12.3 Å². The Morgan fingerprint density at radius 3 is 1.52 bits per heavy atom. The van der Waals surface area contributed by atoms with E-state index in [1.807, 2.05) is 0 Å². The molecular formula is C15H22N2O4. The number of aliphatic hydroxyl groups excluding tert-OH is 2. The fourth-order valence-corrected chi connectivity index (χ4v) is 0.138. The van der Waals surface area contributed by atoms with Crippen molar-refractivity contribution in [1.82, 2.24) is 0 Å². The van der Waals surface area contributed by atoms with Crippen molar-refractivity contribution in [3.63, 3.8) is 0 Å². The third-order valence-corrected chi connectivity index (χ3v) is 0.456. The summed E-state index contributed by atoms with van der Waals surface area (Å²) in [4.78, 5) is 12.7. The number of carboxylic acids is 1. The van der Waals surface area contributed by atoms with Crippen molar-refractivity contribution in [1.29, 1.82) is 5.41 Å². The van der Waals surface area contributed by atoms with Crippen LogP contribution in [-0.4, -0.2) is 40.5 Å². The molecule has 0 spiro atoms. The summed E-state index contributed by atoms with van der Waals surface area (Å²) in [6.45, 7) is 4.71. The molecule has 0 aliphatic rings. The van der Waals surface area contributed by atoms with E-state index in [9.17, 15) is 4.79 Å². The molecular weight excluding hydrogens is 272 g/mol. The lowest BCUT2D eigenvalue weighted by molar-refractivity contribution is -0.131. The highest BCUT2D eigenvalue weighted by Gasteiger charge is 1.79. The quantitative estimate of drug-likeness (QED) is 0.356. The molecule has 116 valence electrons. The highest BCUT2D eigenvalue weighted by Crippen LogP contribution is 1.70. The van der Waals surface area contributed by atoms with Crippen LogP contribution in [0.4, 0.5) is 0 Å². The Kier molecular flexibility index (Phi) is 78.5. The van der Waals surface area contributed by atoms with E-state index in [0.717, 1.165) is 12.3 Å². The molecule has 0 aromatic heterocycles. The van der Waals surface area contributed by atoms with Crippen LogP contribution in [0.3, 0.4) is 0 Å². The van der Waals surface area contributed by atoms with Gasteiger partial charge in [0.1, 0.15) is 0 Å². The van der Waals surface area contributed by atoms with Crippen LogP contribution in [0.5, 0.6) is 0 Å². The smallest absolute Gasteiger partial charge is 0.329 e. The fraction of sp³-hybridized carbons (Fsp3) is 0.333. The molecule has 0 fully saturated rings. The summed E-state index contributed by atoms with van der Waals surface area (Å²) >= 11 is 0. The third kappa shape index (κ3) is 390. The van der Waals surface area contributed by atoms with E-state index >= 15 is 0 Å². The average molecular weight is 294 g/mol. The zero-order valence-corrected chi connectivity index (χ0v) is 12.5. The van der Waals surface area contributed by atoms with Crippen molar-refractivity contribution < 1.29 is 20.1 Å². The van der Waals surface area contributed by atoms with Crippen LogP contribution in [0.25, 0.3) is 0 Å². The number of nitrogens with one attached hydrogen (secondary N) is 1. The van der Waals surface area contributed by atoms with Gasteiger partial charge in [0.15, 0.2) is 0 Å². The first-order valence-electron chi connectivity index (χ1n) is 5.28. The van der Waals surface area contributed by atoms with Crippen LogP contribution in [0.15, 0.2) is 17.3 Å². The molecule has 0 bridgehead atoms. The Balaban J connectivity index is -0.0000000559. The third-order valence-electron chi connectivity index (χ3n) is 0.456. The van der Waals surface area contributed by atoms with Gasteiger partial charge in [-0.15, -0.1) is 37.0 Å². The van der Waals surface area contributed by atoms with E-state index < -0.39 is 5.97 Å². The van der Waals surface area contributed by atoms with E-state index in [2.05, 4.69) is 42.0 Å². The second-order valence-corrected chi connectivity index (χ2v) is 2.21. The van der Waals surface area contributed by atoms with Gasteiger partial charge in [0.25, 0.3) is 0 Å². The topological polar surface area (TPSA) is 114 Å². The number of nitrogens with zero attached hydrogens (tertiary/aromatic N) is 1. The van der Waals surface area contributed by atoms with Crippen LogP contribution in [0.2, 0.25) is 0 Å². The second-order valence-electron chi connectivity index (χ2n) is 2.21. The van der Waals surface area contributed by atoms with E-state index in [1.54, 1.807) is 26.8 Å². The lowest BCUT2D eigenvalue weighted by atomic mass is 10.6. The number of carboxylic acid groups (broad SMARTS) is 1. The van der Waals surface area contributed by atoms with Crippen molar-refractivity contribution in [2.45, 2.75) is 20.8 Å². The average Bonchev–Trinajstić information content (AvgIpc) is 2.42. The van der Waals surface area contributed by atoms with Gasteiger partial charge in [-0.05, 0) is 20.8 Å². The monoisotopic (exact) mass is 294 g/mol. The van der Waals surface area contributed by atoms with Crippen LogP contribution >= 0.6 is 0 Å². The van der Waals surface area contributed by atoms with Crippen molar-refractivity contribution in [3.8, 4) is 37.0 Å². The first-order chi connectivity index (χ1) is 9.93. The summed E-state index contributed by atoms with van der Waals surface area (Å²) in [6.07, 6.45) is 15.6. The number of aliphatic imine (C=N–C) groups is 1. The zero-order valence-electron chi connectivity index (χ0n) is 12.5. The molecule has 0 aromatic carbocycles. The molecule has 0 aliphatic heterocycles. The maximum absolute atomic E-state index is 9.64. The Morgan fingerprint density at radius 2 is 1.38 bits per heavy atom. The molecule has 4 N–H and O–H groups in total. The molecule has 0 amide bonds. The standard InChI is InChI=1S/C4H4N2O2.3C3H4.C2H6O2/c5-3-6-2-1-4(7)8;3*1-3-2;3-1-2-4/h1-2,5H,(H,7,8);3*1H,2H3;3-4H,1-2H2. The predicted octanol–water partition coefficient (Wildman–Crippen LogP) is 1.23. The summed E-state index contributed by atoms with van der Waals surface area (Å²) in [5, 5.41) is 29.3. The largest absolute Gasteiger partial charge is 0.478 e. The first kappa shape index (κ1) is 30.9. The Bertz CT molecular complexity index is 355. The lowest BCUT2D eigenvalue weighted by Gasteiger charge is -1.70. The minimum absolute atomic E-state index is 0.125. The first-order valence-corrected chi connectivity index (χ1v) is 5.28. The molecule has 21 heavy (non-hydrogen) atoms. The van der Waals surface area contributed by atoms with Gasteiger partial charge >= 0.3 is 5.97 Å². The van der Waals surface area contributed by atoms with Gasteiger partial charge in [0.05, 0.1) is 19.2 Å². The van der Waals surface area contributed by atoms with Gasteiger partial charge < -0.3 is 15.3 Å². The van der Waals surface area contributed by atoms with Crippen LogP contribution in [-0.2, 0) is 4.79 Å². The normalized spacial score (nSPS) is 5.81. The number of terminal acetylenes is 3. The molecule has 6 nitrogen and oxygen atoms in total. The summed E-state index contributed by atoms with van der Waals surface area (Å²) in [6, 6.07) is 1.65. The maximum atomic E-state index is 9.64. The number of hydrogen-bond donors (Lipinski definition) is 4. The van der Waals surface area contributed by atoms with Gasteiger partial charge in [-0.25, -0.2) is 10.2 Å². The van der Waals surface area contributed by atoms with Crippen molar-refractivity contribution in [2.75, 3.05) is 13.2 Å². The molecule has 0 radical (unpaired) electrons. The van der Waals surface area contributed by atoms with Gasteiger partial charge in [-0.2, -0.15) is 4.99 Å². The van der Waals surface area contributed by atoms with E-state index in [4.69, 9.17) is 20.7 Å². The number of rotatable bonds is 3. The highest BCUT2D eigenvalue weighted by molar-refractivity contribution is 5.79. The summed E-state index contributed by atoms with van der Waals surface area (Å²) in [5.74, 6) is 5.67. The molecule has 0 aliphatic carbocycles. The minimum Gasteiger partial charge on any atom is -0.478 e. The van der Waals surface area contributed by atoms with Crippen LogP contribution < -0.4 is 0 Å². The number of aliphatic carboxylic acids is 1. The number of aliphatic hydroxyl groups is 2. The minimum atomic E-state index is -1.08. The van der Waals surface area contributed by atoms with Gasteiger partial charge in [0.2, 0.25) is 0 Å². The van der Waals surface area contributed by atoms with E-state index in [0.29, 0.717) is 0 Å². The molecule has 0 heterocycles. The fourth-order valence-electron chi connectivity index (χ4n) is 0.138. The predicted molar refractivity (Wildman–Crippen MR) is 84.6 cm³/mol. The Labute approximate surface area is 126 Å². The van der Waals surface area contributed by atoms with E-state index in [-0.39, 0.29) is 13.2 Å². The molecule has 0 rings (SSSR count). The van der Waals surface area contributed by atoms with Crippen molar-refractivity contribution >= 4 is 12.0 Å². The SMILES string of the molecule is C#CC.C#CC.C#CC.N=C=NC=CC(=O)O.OCCO. The molecule has 0 saturated heterocycles.